The predicted octanol–water partition coefficient (Wildman–Crippen LogP) is 4.17. The fraction of sp³-hybridized carbons (Fsp3) is 0.471. The van der Waals surface area contributed by atoms with Gasteiger partial charge in [0.25, 0.3) is 0 Å². The first-order chi connectivity index (χ1) is 9.39. The number of benzene rings is 1. The molecule has 0 saturated carbocycles. The molecule has 1 unspecified atom stereocenters. The zero-order chi connectivity index (χ0) is 14.8. The molecule has 0 spiro atoms. The lowest BCUT2D eigenvalue weighted by Crippen LogP contribution is -2.38. The van der Waals surface area contributed by atoms with Crippen molar-refractivity contribution in [2.24, 2.45) is 5.41 Å². The Bertz CT molecular complexity index is 501. The lowest BCUT2D eigenvalue weighted by Gasteiger charge is -2.33. The van der Waals surface area contributed by atoms with Crippen LogP contribution in [0.25, 0.3) is 0 Å². The number of hydrogen-bond acceptors (Lipinski definition) is 1. The second-order valence-corrected chi connectivity index (χ2v) is 6.72. The molecule has 1 aliphatic heterocycles. The van der Waals surface area contributed by atoms with Crippen LogP contribution >= 0.6 is 11.6 Å². The van der Waals surface area contributed by atoms with Crippen molar-refractivity contribution in [3.63, 3.8) is 0 Å². The fourth-order valence-corrected chi connectivity index (χ4v) is 2.76. The van der Waals surface area contributed by atoms with Gasteiger partial charge in [-0.3, -0.25) is 4.79 Å². The topological polar surface area (TPSA) is 20.3 Å². The smallest absolute Gasteiger partial charge is 0.245 e. The predicted molar refractivity (Wildman–Crippen MR) is 83.8 cm³/mol. The summed E-state index contributed by atoms with van der Waals surface area (Å²) in [6.45, 7) is 8.07. The number of carbonyl (C=O) groups excluding carboxylic acids is 1. The molecule has 1 aromatic rings. The minimum atomic E-state index is -0.583. The van der Waals surface area contributed by atoms with Crippen molar-refractivity contribution in [2.45, 2.75) is 32.6 Å². The summed E-state index contributed by atoms with van der Waals surface area (Å²) in [6, 6.07) is 9.54. The van der Waals surface area contributed by atoms with Gasteiger partial charge in [-0.1, -0.05) is 62.8 Å². The third-order valence-corrected chi connectivity index (χ3v) is 4.23. The van der Waals surface area contributed by atoms with E-state index in [0.717, 1.165) is 18.5 Å². The summed E-state index contributed by atoms with van der Waals surface area (Å²) in [4.78, 5) is 14.3. The van der Waals surface area contributed by atoms with Gasteiger partial charge in [0.15, 0.2) is 0 Å². The van der Waals surface area contributed by atoms with Gasteiger partial charge in [0.2, 0.25) is 5.91 Å². The Kier molecular flexibility index (Phi) is 4.54. The Balaban J connectivity index is 2.04. The maximum Gasteiger partial charge on any atom is 0.245 e. The van der Waals surface area contributed by atoms with E-state index in [-0.39, 0.29) is 11.3 Å². The van der Waals surface area contributed by atoms with Crippen LogP contribution in [0.5, 0.6) is 0 Å². The van der Waals surface area contributed by atoms with Crippen molar-refractivity contribution in [3.8, 4) is 0 Å². The Morgan fingerprint density at radius 3 is 2.40 bits per heavy atom. The number of carbonyl (C=O) groups is 1. The van der Waals surface area contributed by atoms with E-state index in [2.05, 4.69) is 26.8 Å². The van der Waals surface area contributed by atoms with Crippen molar-refractivity contribution >= 4 is 17.5 Å². The highest BCUT2D eigenvalue weighted by Gasteiger charge is 2.27. The van der Waals surface area contributed by atoms with Crippen LogP contribution in [-0.2, 0) is 4.79 Å². The zero-order valence-electron chi connectivity index (χ0n) is 12.4. The van der Waals surface area contributed by atoms with Gasteiger partial charge < -0.3 is 4.90 Å². The Morgan fingerprint density at radius 2 is 1.90 bits per heavy atom. The number of hydrogen-bond donors (Lipinski definition) is 0. The number of rotatable bonds is 2. The highest BCUT2D eigenvalue weighted by molar-refractivity contribution is 6.30. The zero-order valence-corrected chi connectivity index (χ0v) is 13.2. The van der Waals surface area contributed by atoms with E-state index in [0.29, 0.717) is 6.54 Å². The number of nitrogens with zero attached hydrogens (tertiary/aromatic N) is 1. The molecule has 2 rings (SSSR count). The Hall–Kier alpha value is -1.28. The molecule has 3 heteroatoms. The number of halogens is 1. The first-order valence-corrected chi connectivity index (χ1v) is 7.50. The molecule has 0 aliphatic carbocycles. The van der Waals surface area contributed by atoms with Crippen molar-refractivity contribution in [2.75, 3.05) is 13.1 Å². The monoisotopic (exact) mass is 291 g/mol. The van der Waals surface area contributed by atoms with Gasteiger partial charge in [-0.2, -0.15) is 0 Å². The minimum absolute atomic E-state index is 0.00192. The molecule has 20 heavy (non-hydrogen) atoms. The summed E-state index contributed by atoms with van der Waals surface area (Å²) < 4.78 is 0. The average molecular weight is 292 g/mol. The van der Waals surface area contributed by atoms with E-state index < -0.39 is 5.38 Å². The number of amides is 1. The lowest BCUT2D eigenvalue weighted by atomic mass is 9.83. The van der Waals surface area contributed by atoms with E-state index in [1.807, 2.05) is 35.2 Å². The Labute approximate surface area is 126 Å². The molecule has 1 aliphatic rings. The maximum absolute atomic E-state index is 12.4. The maximum atomic E-state index is 12.4. The van der Waals surface area contributed by atoms with Crippen LogP contribution in [0.4, 0.5) is 0 Å². The van der Waals surface area contributed by atoms with E-state index in [4.69, 9.17) is 11.6 Å². The summed E-state index contributed by atoms with van der Waals surface area (Å²) in [5.74, 6) is 0.00192. The molecule has 1 atom stereocenters. The van der Waals surface area contributed by atoms with Crippen molar-refractivity contribution < 1.29 is 4.79 Å². The summed E-state index contributed by atoms with van der Waals surface area (Å²) in [7, 11) is 0. The van der Waals surface area contributed by atoms with Gasteiger partial charge in [0, 0.05) is 13.1 Å². The van der Waals surface area contributed by atoms with Crippen LogP contribution in [0, 0.1) is 5.41 Å². The Morgan fingerprint density at radius 1 is 1.25 bits per heavy atom. The SMILES string of the molecule is CC(C)(C)C1=CCN(C(=O)C(Cl)c2ccccc2)CC1. The lowest BCUT2D eigenvalue weighted by molar-refractivity contribution is -0.130. The van der Waals surface area contributed by atoms with Crippen molar-refractivity contribution in [1.82, 2.24) is 4.90 Å². The second kappa shape index (κ2) is 6.01. The van der Waals surface area contributed by atoms with Crippen LogP contribution in [0.2, 0.25) is 0 Å². The quantitative estimate of drug-likeness (QED) is 0.591. The van der Waals surface area contributed by atoms with Gasteiger partial charge in [-0.05, 0) is 17.4 Å². The molecule has 2 nitrogen and oxygen atoms in total. The standard InChI is InChI=1S/C17H22ClNO/c1-17(2,3)14-9-11-19(12-10-14)16(20)15(18)13-7-5-4-6-8-13/h4-9,15H,10-12H2,1-3H3. The largest absolute Gasteiger partial charge is 0.337 e. The molecule has 1 heterocycles. The third kappa shape index (κ3) is 3.43. The van der Waals surface area contributed by atoms with Gasteiger partial charge >= 0.3 is 0 Å². The van der Waals surface area contributed by atoms with E-state index in [1.54, 1.807) is 0 Å². The summed E-state index contributed by atoms with van der Waals surface area (Å²) in [5.41, 5.74) is 2.48. The average Bonchev–Trinajstić information content (AvgIpc) is 2.46. The van der Waals surface area contributed by atoms with E-state index in [1.165, 1.54) is 5.57 Å². The van der Waals surface area contributed by atoms with Gasteiger partial charge in [-0.25, -0.2) is 0 Å². The molecule has 0 N–H and O–H groups in total. The molecule has 0 fully saturated rings. The van der Waals surface area contributed by atoms with E-state index >= 15 is 0 Å². The first-order valence-electron chi connectivity index (χ1n) is 7.07. The number of alkyl halides is 1. The highest BCUT2D eigenvalue weighted by Crippen LogP contribution is 2.31. The summed E-state index contributed by atoms with van der Waals surface area (Å²) in [6.07, 6.45) is 3.11. The molecular weight excluding hydrogens is 270 g/mol. The van der Waals surface area contributed by atoms with Crippen LogP contribution in [0.15, 0.2) is 42.0 Å². The second-order valence-electron chi connectivity index (χ2n) is 6.29. The van der Waals surface area contributed by atoms with Gasteiger partial charge in [-0.15, -0.1) is 11.6 Å². The van der Waals surface area contributed by atoms with Gasteiger partial charge in [0.1, 0.15) is 5.38 Å². The fourth-order valence-electron chi connectivity index (χ4n) is 2.48. The molecule has 0 saturated heterocycles. The van der Waals surface area contributed by atoms with Crippen molar-refractivity contribution in [3.05, 3.63) is 47.5 Å². The van der Waals surface area contributed by atoms with Crippen LogP contribution in [0.3, 0.4) is 0 Å². The van der Waals surface area contributed by atoms with E-state index in [9.17, 15) is 4.79 Å². The van der Waals surface area contributed by atoms with Crippen LogP contribution in [-0.4, -0.2) is 23.9 Å². The summed E-state index contributed by atoms with van der Waals surface area (Å²) >= 11 is 6.30. The molecule has 1 aromatic carbocycles. The molecule has 0 aromatic heterocycles. The molecule has 108 valence electrons. The van der Waals surface area contributed by atoms with Gasteiger partial charge in [0.05, 0.1) is 0 Å². The van der Waals surface area contributed by atoms with Crippen LogP contribution in [0.1, 0.15) is 38.1 Å². The summed E-state index contributed by atoms with van der Waals surface area (Å²) in [5, 5.41) is -0.583. The molecule has 0 radical (unpaired) electrons. The minimum Gasteiger partial charge on any atom is -0.337 e. The normalized spacial score (nSPS) is 17.6. The third-order valence-electron chi connectivity index (χ3n) is 3.79. The van der Waals surface area contributed by atoms with Crippen molar-refractivity contribution in [1.29, 1.82) is 0 Å². The highest BCUT2D eigenvalue weighted by atomic mass is 35.5. The van der Waals surface area contributed by atoms with Crippen LogP contribution < -0.4 is 0 Å². The molecular formula is C17H22ClNO. The molecule has 1 amide bonds. The molecule has 0 bridgehead atoms. The first kappa shape index (κ1) is 15.1.